The standard InChI is InChI=1S/C10H9BrF3NO3.ClH/c1-17-9(16)8(15)5-2-6(11)4-7(3-5)18-10(12,13)14;/h2-4,8H,15H2,1H3;1H/t8-;/m0./s1. The summed E-state index contributed by atoms with van der Waals surface area (Å²) in [5.74, 6) is -1.22. The van der Waals surface area contributed by atoms with Crippen molar-refractivity contribution in [2.24, 2.45) is 5.73 Å². The van der Waals surface area contributed by atoms with Gasteiger partial charge in [0.1, 0.15) is 11.8 Å². The molecule has 1 atom stereocenters. The Morgan fingerprint density at radius 1 is 1.37 bits per heavy atom. The van der Waals surface area contributed by atoms with Gasteiger partial charge in [-0.05, 0) is 23.8 Å². The van der Waals surface area contributed by atoms with Crippen LogP contribution >= 0.6 is 28.3 Å². The maximum absolute atomic E-state index is 12.1. The quantitative estimate of drug-likeness (QED) is 0.838. The number of halogens is 5. The van der Waals surface area contributed by atoms with E-state index in [9.17, 15) is 18.0 Å². The Kier molecular flexibility index (Phi) is 6.61. The summed E-state index contributed by atoms with van der Waals surface area (Å²) < 4.78 is 44.7. The summed E-state index contributed by atoms with van der Waals surface area (Å²) in [5, 5.41) is 0. The zero-order chi connectivity index (χ0) is 13.9. The van der Waals surface area contributed by atoms with Crippen molar-refractivity contribution in [2.75, 3.05) is 7.11 Å². The highest BCUT2D eigenvalue weighted by Crippen LogP contribution is 2.29. The van der Waals surface area contributed by atoms with Crippen LogP contribution in [0, 0.1) is 0 Å². The average molecular weight is 365 g/mol. The molecule has 0 spiro atoms. The van der Waals surface area contributed by atoms with Gasteiger partial charge < -0.3 is 15.2 Å². The first-order valence-corrected chi connectivity index (χ1v) is 5.42. The van der Waals surface area contributed by atoms with Crippen LogP contribution < -0.4 is 10.5 Å². The number of carbonyl (C=O) groups is 1. The summed E-state index contributed by atoms with van der Waals surface area (Å²) in [6.07, 6.45) is -4.81. The lowest BCUT2D eigenvalue weighted by molar-refractivity contribution is -0.274. The lowest BCUT2D eigenvalue weighted by atomic mass is 10.1. The van der Waals surface area contributed by atoms with Crippen LogP contribution in [0.15, 0.2) is 22.7 Å². The lowest BCUT2D eigenvalue weighted by Gasteiger charge is -2.13. The topological polar surface area (TPSA) is 61.5 Å². The van der Waals surface area contributed by atoms with Crippen molar-refractivity contribution in [3.63, 3.8) is 0 Å². The number of methoxy groups -OCH3 is 1. The van der Waals surface area contributed by atoms with Crippen LogP contribution in [0.3, 0.4) is 0 Å². The van der Waals surface area contributed by atoms with Crippen LogP contribution in [0.1, 0.15) is 11.6 Å². The Bertz CT molecular complexity index is 456. The molecule has 0 aliphatic heterocycles. The minimum Gasteiger partial charge on any atom is -0.468 e. The molecule has 0 aromatic heterocycles. The highest BCUT2D eigenvalue weighted by molar-refractivity contribution is 9.10. The molecule has 1 aromatic rings. The number of hydrogen-bond acceptors (Lipinski definition) is 4. The van der Waals surface area contributed by atoms with Crippen molar-refractivity contribution in [3.8, 4) is 5.75 Å². The molecule has 0 saturated heterocycles. The van der Waals surface area contributed by atoms with Crippen molar-refractivity contribution in [1.29, 1.82) is 0 Å². The van der Waals surface area contributed by atoms with Crippen LogP contribution in [0.5, 0.6) is 5.75 Å². The molecular formula is C10H10BrClF3NO3. The number of hydrogen-bond donors (Lipinski definition) is 1. The van der Waals surface area contributed by atoms with Crippen molar-refractivity contribution in [2.45, 2.75) is 12.4 Å². The Morgan fingerprint density at radius 2 is 1.95 bits per heavy atom. The van der Waals surface area contributed by atoms with E-state index >= 15 is 0 Å². The predicted octanol–water partition coefficient (Wildman–Crippen LogP) is 2.94. The molecule has 0 heterocycles. The molecule has 4 nitrogen and oxygen atoms in total. The molecule has 0 aliphatic carbocycles. The first-order valence-electron chi connectivity index (χ1n) is 4.62. The molecule has 0 aliphatic rings. The Balaban J connectivity index is 0.00000324. The number of benzene rings is 1. The zero-order valence-corrected chi connectivity index (χ0v) is 11.9. The van der Waals surface area contributed by atoms with Gasteiger partial charge in [0, 0.05) is 4.47 Å². The molecule has 0 fully saturated rings. The third-order valence-corrected chi connectivity index (χ3v) is 2.40. The molecule has 0 unspecified atom stereocenters. The molecule has 0 radical (unpaired) electrons. The average Bonchev–Trinajstić information content (AvgIpc) is 2.23. The molecule has 2 N–H and O–H groups in total. The maximum Gasteiger partial charge on any atom is 0.573 e. The van der Waals surface area contributed by atoms with Crippen molar-refractivity contribution < 1.29 is 27.4 Å². The maximum atomic E-state index is 12.1. The van der Waals surface area contributed by atoms with Crippen LogP contribution in [-0.4, -0.2) is 19.4 Å². The Morgan fingerprint density at radius 3 is 2.42 bits per heavy atom. The van der Waals surface area contributed by atoms with Gasteiger partial charge in [-0.25, -0.2) is 0 Å². The summed E-state index contributed by atoms with van der Waals surface area (Å²) in [6.45, 7) is 0. The normalized spacial score (nSPS) is 12.3. The molecule has 9 heteroatoms. The molecule has 0 amide bonds. The molecule has 1 aromatic carbocycles. The van der Waals surface area contributed by atoms with Gasteiger partial charge >= 0.3 is 12.3 Å². The fourth-order valence-electron chi connectivity index (χ4n) is 1.22. The van der Waals surface area contributed by atoms with Gasteiger partial charge in [0.05, 0.1) is 7.11 Å². The van der Waals surface area contributed by atoms with Gasteiger partial charge in [-0.1, -0.05) is 15.9 Å². The van der Waals surface area contributed by atoms with E-state index in [-0.39, 0.29) is 18.0 Å². The second-order valence-electron chi connectivity index (χ2n) is 3.27. The second kappa shape index (κ2) is 6.97. The van der Waals surface area contributed by atoms with E-state index in [1.54, 1.807) is 0 Å². The van der Waals surface area contributed by atoms with Gasteiger partial charge in [-0.3, -0.25) is 4.79 Å². The molecular weight excluding hydrogens is 354 g/mol. The predicted molar refractivity (Wildman–Crippen MR) is 67.0 cm³/mol. The molecule has 0 bridgehead atoms. The van der Waals surface area contributed by atoms with Gasteiger partial charge in [0.25, 0.3) is 0 Å². The van der Waals surface area contributed by atoms with E-state index in [1.807, 2.05) is 0 Å². The summed E-state index contributed by atoms with van der Waals surface area (Å²) in [6, 6.07) is 2.37. The number of alkyl halides is 3. The SMILES string of the molecule is COC(=O)[C@@H](N)c1cc(Br)cc(OC(F)(F)F)c1.Cl. The van der Waals surface area contributed by atoms with Crippen molar-refractivity contribution in [3.05, 3.63) is 28.2 Å². The van der Waals surface area contributed by atoms with E-state index in [2.05, 4.69) is 25.4 Å². The highest BCUT2D eigenvalue weighted by Gasteiger charge is 2.31. The summed E-state index contributed by atoms with van der Waals surface area (Å²) >= 11 is 3.00. The van der Waals surface area contributed by atoms with E-state index in [4.69, 9.17) is 5.73 Å². The fraction of sp³-hybridized carbons (Fsp3) is 0.300. The molecule has 108 valence electrons. The van der Waals surface area contributed by atoms with Gasteiger partial charge in [0.15, 0.2) is 0 Å². The van der Waals surface area contributed by atoms with Crippen molar-refractivity contribution in [1.82, 2.24) is 0 Å². The lowest BCUT2D eigenvalue weighted by Crippen LogP contribution is -2.23. The van der Waals surface area contributed by atoms with Crippen LogP contribution in [-0.2, 0) is 9.53 Å². The summed E-state index contributed by atoms with van der Waals surface area (Å²) in [7, 11) is 1.13. The van der Waals surface area contributed by atoms with E-state index in [1.165, 1.54) is 6.07 Å². The number of ether oxygens (including phenoxy) is 2. The minimum absolute atomic E-state index is 0. The molecule has 1 rings (SSSR count). The molecule has 19 heavy (non-hydrogen) atoms. The van der Waals surface area contributed by atoms with E-state index < -0.39 is 24.1 Å². The zero-order valence-electron chi connectivity index (χ0n) is 9.53. The third kappa shape index (κ3) is 5.66. The van der Waals surface area contributed by atoms with Crippen LogP contribution in [0.25, 0.3) is 0 Å². The highest BCUT2D eigenvalue weighted by atomic mass is 79.9. The monoisotopic (exact) mass is 363 g/mol. The van der Waals surface area contributed by atoms with Crippen LogP contribution in [0.4, 0.5) is 13.2 Å². The minimum atomic E-state index is -4.81. The molecule has 0 saturated carbocycles. The summed E-state index contributed by atoms with van der Waals surface area (Å²) in [5.41, 5.74) is 5.67. The number of esters is 1. The second-order valence-corrected chi connectivity index (χ2v) is 4.18. The first kappa shape index (κ1) is 18.0. The number of nitrogens with two attached hydrogens (primary N) is 1. The Labute approximate surface area is 121 Å². The number of rotatable bonds is 3. The van der Waals surface area contributed by atoms with Gasteiger partial charge in [0.2, 0.25) is 0 Å². The largest absolute Gasteiger partial charge is 0.573 e. The van der Waals surface area contributed by atoms with Gasteiger partial charge in [-0.15, -0.1) is 25.6 Å². The van der Waals surface area contributed by atoms with Crippen LogP contribution in [0.2, 0.25) is 0 Å². The van der Waals surface area contributed by atoms with Gasteiger partial charge in [-0.2, -0.15) is 0 Å². The van der Waals surface area contributed by atoms with E-state index in [0.717, 1.165) is 19.2 Å². The summed E-state index contributed by atoms with van der Waals surface area (Å²) in [4.78, 5) is 11.2. The number of carbonyl (C=O) groups excluding carboxylic acids is 1. The third-order valence-electron chi connectivity index (χ3n) is 1.94. The van der Waals surface area contributed by atoms with Crippen molar-refractivity contribution >= 4 is 34.3 Å². The van der Waals surface area contributed by atoms with E-state index in [0.29, 0.717) is 4.47 Å². The Hall–Kier alpha value is -0.990. The first-order chi connectivity index (χ1) is 8.23. The fourth-order valence-corrected chi connectivity index (χ4v) is 1.71. The smallest absolute Gasteiger partial charge is 0.468 e.